The summed E-state index contributed by atoms with van der Waals surface area (Å²) < 4.78 is 0. The Balaban J connectivity index is 2.57. The highest BCUT2D eigenvalue weighted by molar-refractivity contribution is 5.21. The summed E-state index contributed by atoms with van der Waals surface area (Å²) in [7, 11) is 0. The van der Waals surface area contributed by atoms with E-state index >= 15 is 0 Å². The van der Waals surface area contributed by atoms with Gasteiger partial charge in [0.2, 0.25) is 0 Å². The average Bonchev–Trinajstić information content (AvgIpc) is 2.23. The van der Waals surface area contributed by atoms with E-state index in [1.54, 1.807) is 0 Å². The monoisotopic (exact) mass is 206 g/mol. The first kappa shape index (κ1) is 12.3. The molecule has 0 aromatic heterocycles. The van der Waals surface area contributed by atoms with Crippen molar-refractivity contribution in [2.24, 2.45) is 5.92 Å². The minimum absolute atomic E-state index is 0.192. The first-order valence-electron chi connectivity index (χ1n) is 5.91. The third-order valence-electron chi connectivity index (χ3n) is 3.16. The van der Waals surface area contributed by atoms with Gasteiger partial charge in [0.1, 0.15) is 0 Å². The molecule has 0 spiro atoms. The van der Waals surface area contributed by atoms with Crippen LogP contribution in [0.25, 0.3) is 0 Å². The SMILES string of the molecule is CCC(CC)C(O)Cc1ccc(C)cc1. The quantitative estimate of drug-likeness (QED) is 0.783. The van der Waals surface area contributed by atoms with Crippen LogP contribution in [-0.4, -0.2) is 11.2 Å². The molecule has 0 aliphatic rings. The van der Waals surface area contributed by atoms with Crippen molar-refractivity contribution in [2.75, 3.05) is 0 Å². The van der Waals surface area contributed by atoms with E-state index in [0.717, 1.165) is 19.3 Å². The number of hydrogen-bond donors (Lipinski definition) is 1. The molecule has 84 valence electrons. The number of benzene rings is 1. The molecule has 1 atom stereocenters. The highest BCUT2D eigenvalue weighted by atomic mass is 16.3. The molecule has 0 saturated heterocycles. The largest absolute Gasteiger partial charge is 0.392 e. The molecule has 0 aliphatic heterocycles. The number of rotatable bonds is 5. The van der Waals surface area contributed by atoms with Gasteiger partial charge in [-0.3, -0.25) is 0 Å². The second-order valence-corrected chi connectivity index (χ2v) is 4.33. The number of aliphatic hydroxyl groups excluding tert-OH is 1. The van der Waals surface area contributed by atoms with Crippen LogP contribution < -0.4 is 0 Å². The van der Waals surface area contributed by atoms with Crippen LogP contribution in [0.1, 0.15) is 37.8 Å². The summed E-state index contributed by atoms with van der Waals surface area (Å²) in [5.41, 5.74) is 2.51. The van der Waals surface area contributed by atoms with Crippen LogP contribution in [0.4, 0.5) is 0 Å². The number of hydrogen-bond acceptors (Lipinski definition) is 1. The Hall–Kier alpha value is -0.820. The van der Waals surface area contributed by atoms with Crippen molar-refractivity contribution in [2.45, 2.75) is 46.1 Å². The van der Waals surface area contributed by atoms with Crippen molar-refractivity contribution in [3.63, 3.8) is 0 Å². The molecule has 0 heterocycles. The summed E-state index contributed by atoms with van der Waals surface area (Å²) in [5, 5.41) is 10.0. The number of aliphatic hydroxyl groups is 1. The van der Waals surface area contributed by atoms with Crippen molar-refractivity contribution in [3.8, 4) is 0 Å². The summed E-state index contributed by atoms with van der Waals surface area (Å²) in [6, 6.07) is 8.44. The molecule has 1 heteroatoms. The van der Waals surface area contributed by atoms with Gasteiger partial charge in [-0.1, -0.05) is 56.5 Å². The lowest BCUT2D eigenvalue weighted by atomic mass is 9.92. The van der Waals surface area contributed by atoms with Crippen LogP contribution >= 0.6 is 0 Å². The van der Waals surface area contributed by atoms with E-state index in [9.17, 15) is 5.11 Å². The zero-order chi connectivity index (χ0) is 11.3. The fourth-order valence-electron chi connectivity index (χ4n) is 1.97. The lowest BCUT2D eigenvalue weighted by molar-refractivity contribution is 0.103. The molecule has 0 fully saturated rings. The fourth-order valence-corrected chi connectivity index (χ4v) is 1.97. The summed E-state index contributed by atoms with van der Waals surface area (Å²) in [6.45, 7) is 6.38. The van der Waals surface area contributed by atoms with Gasteiger partial charge in [-0.25, -0.2) is 0 Å². The van der Waals surface area contributed by atoms with Gasteiger partial charge in [0.15, 0.2) is 0 Å². The second kappa shape index (κ2) is 5.92. The van der Waals surface area contributed by atoms with Crippen molar-refractivity contribution in [1.82, 2.24) is 0 Å². The standard InChI is InChI=1S/C14H22O/c1-4-13(5-2)14(15)10-12-8-6-11(3)7-9-12/h6-9,13-15H,4-5,10H2,1-3H3. The van der Waals surface area contributed by atoms with Gasteiger partial charge in [-0.05, 0) is 24.8 Å². The predicted molar refractivity (Wildman–Crippen MR) is 65.0 cm³/mol. The van der Waals surface area contributed by atoms with Gasteiger partial charge in [0.05, 0.1) is 6.10 Å². The predicted octanol–water partition coefficient (Wildman–Crippen LogP) is 3.33. The summed E-state index contributed by atoms with van der Waals surface area (Å²) >= 11 is 0. The van der Waals surface area contributed by atoms with E-state index in [0.29, 0.717) is 5.92 Å². The van der Waals surface area contributed by atoms with Crippen LogP contribution in [0, 0.1) is 12.8 Å². The Kier molecular flexibility index (Phi) is 4.83. The van der Waals surface area contributed by atoms with Gasteiger partial charge in [0, 0.05) is 0 Å². The van der Waals surface area contributed by atoms with E-state index in [2.05, 4.69) is 45.0 Å². The van der Waals surface area contributed by atoms with E-state index in [4.69, 9.17) is 0 Å². The molecule has 15 heavy (non-hydrogen) atoms. The molecule has 0 bridgehead atoms. The highest BCUT2D eigenvalue weighted by Crippen LogP contribution is 2.17. The molecule has 1 aromatic rings. The van der Waals surface area contributed by atoms with Crippen LogP contribution in [-0.2, 0) is 6.42 Å². The van der Waals surface area contributed by atoms with Crippen molar-refractivity contribution < 1.29 is 5.11 Å². The summed E-state index contributed by atoms with van der Waals surface area (Å²) in [4.78, 5) is 0. The minimum atomic E-state index is -0.192. The Morgan fingerprint density at radius 3 is 2.07 bits per heavy atom. The highest BCUT2D eigenvalue weighted by Gasteiger charge is 2.15. The smallest absolute Gasteiger partial charge is 0.0608 e. The maximum atomic E-state index is 10.0. The van der Waals surface area contributed by atoms with Crippen molar-refractivity contribution >= 4 is 0 Å². The minimum Gasteiger partial charge on any atom is -0.392 e. The van der Waals surface area contributed by atoms with Gasteiger partial charge in [0.25, 0.3) is 0 Å². The van der Waals surface area contributed by atoms with E-state index in [1.165, 1.54) is 11.1 Å². The Morgan fingerprint density at radius 1 is 1.07 bits per heavy atom. The van der Waals surface area contributed by atoms with Crippen molar-refractivity contribution in [1.29, 1.82) is 0 Å². The molecule has 0 saturated carbocycles. The number of aryl methyl sites for hydroxylation is 1. The molecule has 1 aromatic carbocycles. The summed E-state index contributed by atoms with van der Waals surface area (Å²) in [6.07, 6.45) is 2.71. The van der Waals surface area contributed by atoms with Crippen molar-refractivity contribution in [3.05, 3.63) is 35.4 Å². The van der Waals surface area contributed by atoms with Gasteiger partial charge in [-0.15, -0.1) is 0 Å². The van der Waals surface area contributed by atoms with Crippen LogP contribution in [0.5, 0.6) is 0 Å². The van der Waals surface area contributed by atoms with Gasteiger partial charge in [-0.2, -0.15) is 0 Å². The Labute approximate surface area is 93.1 Å². The molecule has 0 amide bonds. The zero-order valence-electron chi connectivity index (χ0n) is 10.0. The third kappa shape index (κ3) is 3.67. The second-order valence-electron chi connectivity index (χ2n) is 4.33. The molecule has 1 nitrogen and oxygen atoms in total. The van der Waals surface area contributed by atoms with Gasteiger partial charge < -0.3 is 5.11 Å². The van der Waals surface area contributed by atoms with Crippen LogP contribution in [0.15, 0.2) is 24.3 Å². The lowest BCUT2D eigenvalue weighted by Crippen LogP contribution is -2.21. The maximum absolute atomic E-state index is 10.0. The van der Waals surface area contributed by atoms with Gasteiger partial charge >= 0.3 is 0 Å². The van der Waals surface area contributed by atoms with Crippen LogP contribution in [0.2, 0.25) is 0 Å². The maximum Gasteiger partial charge on any atom is 0.0608 e. The molecular weight excluding hydrogens is 184 g/mol. The zero-order valence-corrected chi connectivity index (χ0v) is 10.0. The molecule has 1 unspecified atom stereocenters. The normalized spacial score (nSPS) is 13.1. The van der Waals surface area contributed by atoms with Crippen LogP contribution in [0.3, 0.4) is 0 Å². The fraction of sp³-hybridized carbons (Fsp3) is 0.571. The average molecular weight is 206 g/mol. The third-order valence-corrected chi connectivity index (χ3v) is 3.16. The molecule has 0 aliphatic carbocycles. The molecule has 0 radical (unpaired) electrons. The Bertz CT molecular complexity index is 272. The van der Waals surface area contributed by atoms with E-state index < -0.39 is 0 Å². The first-order chi connectivity index (χ1) is 7.17. The topological polar surface area (TPSA) is 20.2 Å². The van der Waals surface area contributed by atoms with E-state index in [-0.39, 0.29) is 6.10 Å². The summed E-state index contributed by atoms with van der Waals surface area (Å²) in [5.74, 6) is 0.436. The van der Waals surface area contributed by atoms with E-state index in [1.807, 2.05) is 0 Å². The molecule has 1 N–H and O–H groups in total. The molecule has 1 rings (SSSR count). The lowest BCUT2D eigenvalue weighted by Gasteiger charge is -2.20. The first-order valence-corrected chi connectivity index (χ1v) is 5.91. The Morgan fingerprint density at radius 2 is 1.60 bits per heavy atom. The molecular formula is C14H22O.